The van der Waals surface area contributed by atoms with Crippen LogP contribution in [0.25, 0.3) is 0 Å². The molecule has 0 saturated carbocycles. The molecule has 1 aliphatic rings. The Morgan fingerprint density at radius 1 is 1.12 bits per heavy atom. The molecule has 1 unspecified atom stereocenters. The lowest BCUT2D eigenvalue weighted by Crippen LogP contribution is -2.26. The van der Waals surface area contributed by atoms with Crippen LogP contribution in [0.1, 0.15) is 58.5 Å². The zero-order chi connectivity index (χ0) is 23.3. The highest BCUT2D eigenvalue weighted by atomic mass is 35.5. The number of anilines is 1. The summed E-state index contributed by atoms with van der Waals surface area (Å²) in [5.74, 6) is -1.23. The second-order valence-electron chi connectivity index (χ2n) is 7.39. The molecular weight excluding hydrogens is 432 g/mol. The standard InChI is InChI=1S/C24H25ClN2O5/c1-3-31-21(28)13-15-6-5-14-11-17(8-10-18(14)22(15)29)27-24(30)19-9-7-16(12-20(19)25)23(26)32-4-2/h7-12,15,26H,3-6,13H2,1-2H3,(H,27,30). The third-order valence-electron chi connectivity index (χ3n) is 5.24. The molecule has 0 aliphatic heterocycles. The average molecular weight is 457 g/mol. The number of nitrogens with one attached hydrogen (secondary N) is 2. The van der Waals surface area contributed by atoms with Gasteiger partial charge in [0.1, 0.15) is 0 Å². The zero-order valence-corrected chi connectivity index (χ0v) is 18.8. The van der Waals surface area contributed by atoms with Crippen LogP contribution in [-0.2, 0) is 20.7 Å². The Bertz CT molecular complexity index is 1070. The van der Waals surface area contributed by atoms with E-state index in [2.05, 4.69) is 5.32 Å². The van der Waals surface area contributed by atoms with Crippen molar-refractivity contribution >= 4 is 40.8 Å². The van der Waals surface area contributed by atoms with Crippen LogP contribution in [-0.4, -0.2) is 36.8 Å². The first-order chi connectivity index (χ1) is 15.3. The van der Waals surface area contributed by atoms with Crippen molar-refractivity contribution in [2.45, 2.75) is 33.1 Å². The maximum atomic E-state index is 12.7. The topological polar surface area (TPSA) is 106 Å². The zero-order valence-electron chi connectivity index (χ0n) is 18.0. The number of rotatable bonds is 7. The molecule has 0 spiro atoms. The van der Waals surface area contributed by atoms with E-state index in [1.807, 2.05) is 0 Å². The van der Waals surface area contributed by atoms with E-state index < -0.39 is 5.91 Å². The van der Waals surface area contributed by atoms with Crippen molar-refractivity contribution < 1.29 is 23.9 Å². The number of aryl methyl sites for hydroxylation is 1. The van der Waals surface area contributed by atoms with Gasteiger partial charge in [0, 0.05) is 22.7 Å². The predicted molar refractivity (Wildman–Crippen MR) is 122 cm³/mol. The van der Waals surface area contributed by atoms with Crippen LogP contribution >= 0.6 is 11.6 Å². The van der Waals surface area contributed by atoms with E-state index in [1.54, 1.807) is 44.2 Å². The normalized spacial score (nSPS) is 15.0. The summed E-state index contributed by atoms with van der Waals surface area (Å²) in [5.41, 5.74) is 2.70. The van der Waals surface area contributed by atoms with Gasteiger partial charge in [-0.15, -0.1) is 0 Å². The number of halogens is 1. The molecule has 3 rings (SSSR count). The number of Topliss-reactive ketones (excluding diaryl/α,β-unsaturated/α-hetero) is 1. The van der Waals surface area contributed by atoms with Gasteiger partial charge in [-0.25, -0.2) is 0 Å². The Hall–Kier alpha value is -3.19. The number of ketones is 1. The van der Waals surface area contributed by atoms with E-state index in [1.165, 1.54) is 6.07 Å². The maximum absolute atomic E-state index is 12.7. The smallest absolute Gasteiger partial charge is 0.306 e. The fraction of sp³-hybridized carbons (Fsp3) is 0.333. The van der Waals surface area contributed by atoms with E-state index in [4.69, 9.17) is 26.5 Å². The first-order valence-corrected chi connectivity index (χ1v) is 10.9. The van der Waals surface area contributed by atoms with E-state index in [0.717, 1.165) is 5.56 Å². The van der Waals surface area contributed by atoms with E-state index in [9.17, 15) is 14.4 Å². The van der Waals surface area contributed by atoms with Gasteiger partial charge in [-0.2, -0.15) is 0 Å². The van der Waals surface area contributed by atoms with Crippen molar-refractivity contribution in [3.05, 3.63) is 63.7 Å². The molecule has 2 N–H and O–H groups in total. The molecule has 0 saturated heterocycles. The van der Waals surface area contributed by atoms with Crippen LogP contribution in [0.4, 0.5) is 5.69 Å². The molecule has 8 heteroatoms. The monoisotopic (exact) mass is 456 g/mol. The Morgan fingerprint density at radius 2 is 1.88 bits per heavy atom. The molecule has 1 atom stereocenters. The largest absolute Gasteiger partial charge is 0.478 e. The van der Waals surface area contributed by atoms with Gasteiger partial charge < -0.3 is 14.8 Å². The van der Waals surface area contributed by atoms with E-state index in [0.29, 0.717) is 42.9 Å². The number of ether oxygens (including phenoxy) is 2. The molecule has 7 nitrogen and oxygen atoms in total. The minimum Gasteiger partial charge on any atom is -0.478 e. The number of carbonyl (C=O) groups is 3. The second-order valence-corrected chi connectivity index (χ2v) is 7.80. The van der Waals surface area contributed by atoms with E-state index >= 15 is 0 Å². The van der Waals surface area contributed by atoms with Crippen LogP contribution in [0.2, 0.25) is 5.02 Å². The molecule has 32 heavy (non-hydrogen) atoms. The Kier molecular flexibility index (Phi) is 7.64. The molecule has 1 aliphatic carbocycles. The minimum absolute atomic E-state index is 0.0121. The van der Waals surface area contributed by atoms with Crippen LogP contribution in [0.15, 0.2) is 36.4 Å². The molecule has 0 aromatic heterocycles. The number of carbonyl (C=O) groups excluding carboxylic acids is 3. The van der Waals surface area contributed by atoms with Gasteiger partial charge in [0.15, 0.2) is 5.78 Å². The van der Waals surface area contributed by atoms with Crippen molar-refractivity contribution in [1.29, 1.82) is 5.41 Å². The molecule has 0 radical (unpaired) electrons. The van der Waals surface area contributed by atoms with Crippen molar-refractivity contribution in [3.8, 4) is 0 Å². The molecular formula is C24H25ClN2O5. The lowest BCUT2D eigenvalue weighted by Gasteiger charge is -2.23. The Balaban J connectivity index is 1.71. The number of hydrogen-bond acceptors (Lipinski definition) is 6. The lowest BCUT2D eigenvalue weighted by atomic mass is 9.81. The van der Waals surface area contributed by atoms with E-state index in [-0.39, 0.29) is 40.6 Å². The molecule has 1 amide bonds. The summed E-state index contributed by atoms with van der Waals surface area (Å²) in [7, 11) is 0. The number of hydrogen-bond donors (Lipinski definition) is 2. The lowest BCUT2D eigenvalue weighted by molar-refractivity contribution is -0.144. The predicted octanol–water partition coefficient (Wildman–Crippen LogP) is 4.65. The summed E-state index contributed by atoms with van der Waals surface area (Å²) in [6, 6.07) is 9.78. The Morgan fingerprint density at radius 3 is 2.56 bits per heavy atom. The quantitative estimate of drug-likeness (QED) is 0.358. The van der Waals surface area contributed by atoms with Crippen LogP contribution < -0.4 is 5.32 Å². The average Bonchev–Trinajstić information content (AvgIpc) is 2.76. The van der Waals surface area contributed by atoms with Crippen LogP contribution in [0, 0.1) is 11.3 Å². The van der Waals surface area contributed by atoms with Gasteiger partial charge in [-0.1, -0.05) is 11.6 Å². The van der Waals surface area contributed by atoms with Gasteiger partial charge >= 0.3 is 5.97 Å². The van der Waals surface area contributed by atoms with Crippen LogP contribution in [0.5, 0.6) is 0 Å². The molecule has 2 aromatic carbocycles. The molecule has 168 valence electrons. The highest BCUT2D eigenvalue weighted by molar-refractivity contribution is 6.34. The van der Waals surface area contributed by atoms with Gasteiger partial charge in [-0.05, 0) is 68.7 Å². The fourth-order valence-electron chi connectivity index (χ4n) is 3.68. The van der Waals surface area contributed by atoms with Crippen molar-refractivity contribution in [2.75, 3.05) is 18.5 Å². The summed E-state index contributed by atoms with van der Waals surface area (Å²) in [6.45, 7) is 4.17. The summed E-state index contributed by atoms with van der Waals surface area (Å²) in [6.07, 6.45) is 1.27. The summed E-state index contributed by atoms with van der Waals surface area (Å²) >= 11 is 6.25. The van der Waals surface area contributed by atoms with Crippen molar-refractivity contribution in [1.82, 2.24) is 0 Å². The van der Waals surface area contributed by atoms with Gasteiger partial charge in [-0.3, -0.25) is 19.8 Å². The number of benzene rings is 2. The number of fused-ring (bicyclic) bond motifs is 1. The van der Waals surface area contributed by atoms with Crippen molar-refractivity contribution in [2.24, 2.45) is 5.92 Å². The molecule has 0 fully saturated rings. The van der Waals surface area contributed by atoms with Crippen LogP contribution in [0.3, 0.4) is 0 Å². The number of esters is 1. The first-order valence-electron chi connectivity index (χ1n) is 10.5. The minimum atomic E-state index is -0.397. The highest BCUT2D eigenvalue weighted by Gasteiger charge is 2.29. The summed E-state index contributed by atoms with van der Waals surface area (Å²) < 4.78 is 10.1. The fourth-order valence-corrected chi connectivity index (χ4v) is 3.95. The Labute approximate surface area is 191 Å². The third kappa shape index (κ3) is 5.34. The third-order valence-corrected chi connectivity index (χ3v) is 5.56. The second kappa shape index (κ2) is 10.4. The summed E-state index contributed by atoms with van der Waals surface area (Å²) in [4.78, 5) is 37.2. The first kappa shape index (κ1) is 23.5. The van der Waals surface area contributed by atoms with Gasteiger partial charge in [0.05, 0.1) is 30.2 Å². The maximum Gasteiger partial charge on any atom is 0.306 e. The molecule has 0 heterocycles. The van der Waals surface area contributed by atoms with Gasteiger partial charge in [0.2, 0.25) is 5.90 Å². The van der Waals surface area contributed by atoms with Gasteiger partial charge in [0.25, 0.3) is 5.91 Å². The highest BCUT2D eigenvalue weighted by Crippen LogP contribution is 2.30. The SMILES string of the molecule is CCOC(=N)c1ccc(C(=O)Nc2ccc3c(c2)CCC(CC(=O)OCC)C3=O)c(Cl)c1. The molecule has 0 bridgehead atoms. The van der Waals surface area contributed by atoms with Crippen molar-refractivity contribution in [3.63, 3.8) is 0 Å². The summed E-state index contributed by atoms with van der Waals surface area (Å²) in [5, 5.41) is 10.8. The molecule has 2 aromatic rings. The number of amides is 1.